The molecule has 0 spiro atoms. The van der Waals surface area contributed by atoms with E-state index in [-0.39, 0.29) is 36.8 Å². The molecule has 3 unspecified atom stereocenters. The molecule has 0 radical (unpaired) electrons. The lowest BCUT2D eigenvalue weighted by Gasteiger charge is -2.35. The molecule has 3 fully saturated rings. The van der Waals surface area contributed by atoms with Crippen molar-refractivity contribution in [2.24, 2.45) is 0 Å². The minimum Gasteiger partial charge on any atom is -0.375 e. The highest BCUT2D eigenvalue weighted by Crippen LogP contribution is 2.26. The van der Waals surface area contributed by atoms with Crippen LogP contribution in [0.1, 0.15) is 32.1 Å². The molecule has 0 aromatic carbocycles. The fourth-order valence-corrected chi connectivity index (χ4v) is 3.60. The maximum Gasteiger partial charge on any atom is 0.222 e. The number of ether oxygens (including phenoxy) is 1. The molecule has 5 nitrogen and oxygen atoms in total. The summed E-state index contributed by atoms with van der Waals surface area (Å²) in [6.45, 7) is 4.83. The Morgan fingerprint density at radius 1 is 1.29 bits per heavy atom. The molecule has 3 atom stereocenters. The van der Waals surface area contributed by atoms with E-state index in [9.17, 15) is 4.79 Å². The third-order valence-electron chi connectivity index (χ3n) is 4.60. The van der Waals surface area contributed by atoms with Gasteiger partial charge in [-0.15, -0.1) is 24.8 Å². The summed E-state index contributed by atoms with van der Waals surface area (Å²) in [5.41, 5.74) is 0. The normalized spacial score (nSPS) is 32.5. The van der Waals surface area contributed by atoms with E-state index in [0.29, 0.717) is 18.5 Å². The van der Waals surface area contributed by atoms with Gasteiger partial charge in [-0.25, -0.2) is 0 Å². The monoisotopic (exact) mass is 339 g/mol. The van der Waals surface area contributed by atoms with Gasteiger partial charge in [0.15, 0.2) is 0 Å². The van der Waals surface area contributed by atoms with E-state index < -0.39 is 0 Å². The van der Waals surface area contributed by atoms with Crippen LogP contribution in [0.5, 0.6) is 0 Å². The fourth-order valence-electron chi connectivity index (χ4n) is 3.60. The van der Waals surface area contributed by atoms with Crippen molar-refractivity contribution >= 4 is 30.7 Å². The van der Waals surface area contributed by atoms with Gasteiger partial charge < -0.3 is 20.3 Å². The first-order chi connectivity index (χ1) is 9.31. The second-order valence-electron chi connectivity index (χ2n) is 6.02. The number of fused-ring (bicyclic) bond motifs is 1. The van der Waals surface area contributed by atoms with Gasteiger partial charge in [0.2, 0.25) is 5.91 Å². The first-order valence-corrected chi connectivity index (χ1v) is 7.67. The van der Waals surface area contributed by atoms with Gasteiger partial charge in [-0.05, 0) is 32.2 Å². The molecule has 124 valence electrons. The van der Waals surface area contributed by atoms with Crippen LogP contribution in [0, 0.1) is 0 Å². The van der Waals surface area contributed by atoms with Crippen LogP contribution in [0.25, 0.3) is 0 Å². The van der Waals surface area contributed by atoms with Crippen LogP contribution in [0.3, 0.4) is 0 Å². The zero-order valence-electron chi connectivity index (χ0n) is 12.4. The number of piperidine rings is 1. The number of morpholine rings is 1. The maximum atomic E-state index is 12.0. The zero-order chi connectivity index (χ0) is 13.1. The molecule has 3 rings (SSSR count). The van der Waals surface area contributed by atoms with Crippen LogP contribution < -0.4 is 10.6 Å². The quantitative estimate of drug-likeness (QED) is 0.803. The Hall–Kier alpha value is -0.0700. The van der Waals surface area contributed by atoms with Crippen molar-refractivity contribution < 1.29 is 9.53 Å². The molecule has 7 heteroatoms. The first kappa shape index (κ1) is 19.0. The summed E-state index contributed by atoms with van der Waals surface area (Å²) < 4.78 is 5.58. The number of amides is 1. The molecule has 2 N–H and O–H groups in total. The fraction of sp³-hybridized carbons (Fsp3) is 0.929. The molecule has 3 heterocycles. The Morgan fingerprint density at radius 3 is 2.90 bits per heavy atom. The number of halogens is 2. The second-order valence-corrected chi connectivity index (χ2v) is 6.02. The topological polar surface area (TPSA) is 53.6 Å². The Balaban J connectivity index is 0.00000110. The first-order valence-electron chi connectivity index (χ1n) is 7.67. The van der Waals surface area contributed by atoms with Crippen molar-refractivity contribution in [2.45, 2.75) is 50.3 Å². The van der Waals surface area contributed by atoms with E-state index >= 15 is 0 Å². The van der Waals surface area contributed by atoms with Crippen molar-refractivity contribution in [1.82, 2.24) is 15.5 Å². The van der Waals surface area contributed by atoms with Crippen LogP contribution in [0.15, 0.2) is 0 Å². The summed E-state index contributed by atoms with van der Waals surface area (Å²) >= 11 is 0. The highest BCUT2D eigenvalue weighted by molar-refractivity contribution is 5.85. The summed E-state index contributed by atoms with van der Waals surface area (Å²) in [6, 6.07) is 1.09. The van der Waals surface area contributed by atoms with Crippen molar-refractivity contribution in [3.8, 4) is 0 Å². The van der Waals surface area contributed by atoms with Gasteiger partial charge in [-0.2, -0.15) is 0 Å². The number of carbonyl (C=O) groups excluding carboxylic acids is 1. The number of hydrogen-bond acceptors (Lipinski definition) is 4. The third kappa shape index (κ3) is 5.25. The molecule has 0 aromatic heterocycles. The number of hydrogen-bond donors (Lipinski definition) is 2. The van der Waals surface area contributed by atoms with Gasteiger partial charge in [0.25, 0.3) is 0 Å². The van der Waals surface area contributed by atoms with Gasteiger partial charge in [0, 0.05) is 31.7 Å². The Morgan fingerprint density at radius 2 is 2.14 bits per heavy atom. The average Bonchev–Trinajstić information content (AvgIpc) is 2.87. The van der Waals surface area contributed by atoms with Gasteiger partial charge in [-0.3, -0.25) is 4.79 Å². The van der Waals surface area contributed by atoms with Crippen LogP contribution in [0.2, 0.25) is 0 Å². The molecule has 0 aromatic rings. The van der Waals surface area contributed by atoms with E-state index in [1.807, 2.05) is 0 Å². The lowest BCUT2D eigenvalue weighted by atomic mass is 9.97. The molecule has 3 saturated heterocycles. The molecule has 0 bridgehead atoms. The molecule has 3 aliphatic rings. The van der Waals surface area contributed by atoms with Gasteiger partial charge in [0.1, 0.15) is 0 Å². The van der Waals surface area contributed by atoms with Gasteiger partial charge in [-0.1, -0.05) is 0 Å². The van der Waals surface area contributed by atoms with Crippen molar-refractivity contribution in [3.63, 3.8) is 0 Å². The zero-order valence-corrected chi connectivity index (χ0v) is 14.0. The second kappa shape index (κ2) is 9.16. The van der Waals surface area contributed by atoms with Crippen LogP contribution in [0.4, 0.5) is 0 Å². The molecule has 0 aliphatic carbocycles. The predicted molar refractivity (Wildman–Crippen MR) is 87.5 cm³/mol. The molecule has 3 aliphatic heterocycles. The SMILES string of the molecule is Cl.Cl.O=C(CC1CNCCO1)NC1CCN2CCCC2C1. The molecular weight excluding hydrogens is 313 g/mol. The molecule has 1 amide bonds. The standard InChI is InChI=1S/C14H25N3O2.2ClH/c18-14(9-13-10-15-4-7-19-13)16-11-3-6-17-5-1-2-12(17)8-11;;/h11-13,15H,1-10H2,(H,16,18);2*1H. The van der Waals surface area contributed by atoms with Crippen molar-refractivity contribution in [2.75, 3.05) is 32.8 Å². The minimum atomic E-state index is 0. The highest BCUT2D eigenvalue weighted by Gasteiger charge is 2.32. The summed E-state index contributed by atoms with van der Waals surface area (Å²) in [5.74, 6) is 0.158. The van der Waals surface area contributed by atoms with Gasteiger partial charge >= 0.3 is 0 Å². The predicted octanol–water partition coefficient (Wildman–Crippen LogP) is 0.952. The van der Waals surface area contributed by atoms with E-state index in [4.69, 9.17) is 4.74 Å². The average molecular weight is 340 g/mol. The summed E-state index contributed by atoms with van der Waals surface area (Å²) in [4.78, 5) is 14.6. The van der Waals surface area contributed by atoms with Gasteiger partial charge in [0.05, 0.1) is 19.1 Å². The lowest BCUT2D eigenvalue weighted by molar-refractivity contribution is -0.125. The molecular formula is C14H27Cl2N3O2. The van der Waals surface area contributed by atoms with Crippen LogP contribution in [-0.2, 0) is 9.53 Å². The largest absolute Gasteiger partial charge is 0.375 e. The van der Waals surface area contributed by atoms with E-state index in [1.54, 1.807) is 0 Å². The number of rotatable bonds is 3. The summed E-state index contributed by atoms with van der Waals surface area (Å²) in [7, 11) is 0. The molecule has 21 heavy (non-hydrogen) atoms. The smallest absolute Gasteiger partial charge is 0.222 e. The highest BCUT2D eigenvalue weighted by atomic mass is 35.5. The third-order valence-corrected chi connectivity index (χ3v) is 4.60. The number of nitrogens with zero attached hydrogens (tertiary/aromatic N) is 1. The van der Waals surface area contributed by atoms with E-state index in [2.05, 4.69) is 15.5 Å². The lowest BCUT2D eigenvalue weighted by Crippen LogP contribution is -2.48. The molecule has 0 saturated carbocycles. The number of carbonyl (C=O) groups is 1. The maximum absolute atomic E-state index is 12.0. The van der Waals surface area contributed by atoms with Crippen LogP contribution in [-0.4, -0.2) is 61.8 Å². The Labute approximate surface area is 139 Å². The minimum absolute atomic E-state index is 0. The Bertz CT molecular complexity index is 327. The van der Waals surface area contributed by atoms with E-state index in [0.717, 1.165) is 39.1 Å². The van der Waals surface area contributed by atoms with Crippen LogP contribution >= 0.6 is 24.8 Å². The van der Waals surface area contributed by atoms with Crippen molar-refractivity contribution in [3.05, 3.63) is 0 Å². The Kier molecular flexibility index (Phi) is 8.27. The summed E-state index contributed by atoms with van der Waals surface area (Å²) in [6.07, 6.45) is 5.43. The van der Waals surface area contributed by atoms with E-state index in [1.165, 1.54) is 19.4 Å². The van der Waals surface area contributed by atoms with Crippen molar-refractivity contribution in [1.29, 1.82) is 0 Å². The number of nitrogens with one attached hydrogen (secondary N) is 2. The summed E-state index contributed by atoms with van der Waals surface area (Å²) in [5, 5.41) is 6.47.